The molecule has 66 valence electrons. The molecule has 5 nitrogen and oxygen atoms in total. The molecule has 0 aliphatic carbocycles. The van der Waals surface area contributed by atoms with Gasteiger partial charge in [0.2, 0.25) is 4.69 Å². The lowest BCUT2D eigenvalue weighted by atomic mass is 10.1. The molecule has 0 radical (unpaired) electrons. The Kier molecular flexibility index (Phi) is 4.78. The molecule has 0 aromatic carbocycles. The molecule has 11 heavy (non-hydrogen) atoms. The molecule has 0 fully saturated rings. The van der Waals surface area contributed by atoms with Crippen molar-refractivity contribution in [2.75, 3.05) is 6.61 Å². The van der Waals surface area contributed by atoms with Gasteiger partial charge in [0.25, 0.3) is 0 Å². The second-order valence-corrected chi connectivity index (χ2v) is 2.77. The van der Waals surface area contributed by atoms with Crippen molar-refractivity contribution in [3.05, 3.63) is 0 Å². The molecule has 3 atom stereocenters. The fourth-order valence-electron chi connectivity index (χ4n) is 0.453. The molecule has 6 heteroatoms. The Morgan fingerprint density at radius 3 is 2.09 bits per heavy atom. The number of rotatable bonds is 4. The molecule has 0 spiro atoms. The van der Waals surface area contributed by atoms with Gasteiger partial charge in [0.1, 0.15) is 12.2 Å². The zero-order chi connectivity index (χ0) is 9.02. The van der Waals surface area contributed by atoms with Crippen LogP contribution in [0.1, 0.15) is 0 Å². The van der Waals surface area contributed by atoms with Crippen LogP contribution in [0.5, 0.6) is 0 Å². The van der Waals surface area contributed by atoms with Crippen molar-refractivity contribution in [1.82, 2.24) is 0 Å². The Bertz CT molecular complexity index is 139. The van der Waals surface area contributed by atoms with E-state index in [1.807, 2.05) is 0 Å². The summed E-state index contributed by atoms with van der Waals surface area (Å²) in [5.74, 6) is 0. The molecule has 3 unspecified atom stereocenters. The number of aliphatic hydroxyl groups excluding tert-OH is 4. The van der Waals surface area contributed by atoms with Crippen LogP contribution in [0.2, 0.25) is 0 Å². The topological polar surface area (TPSA) is 98.0 Å². The first-order valence-electron chi connectivity index (χ1n) is 2.85. The second-order valence-electron chi connectivity index (χ2n) is 1.99. The van der Waals surface area contributed by atoms with Crippen molar-refractivity contribution < 1.29 is 25.2 Å². The minimum atomic E-state index is -1.71. The van der Waals surface area contributed by atoms with Crippen LogP contribution in [0.25, 0.3) is 0 Å². The molecule has 0 aliphatic rings. The van der Waals surface area contributed by atoms with Gasteiger partial charge in [-0.3, -0.25) is 4.79 Å². The Balaban J connectivity index is 4.00. The number of hydrogen-bond acceptors (Lipinski definition) is 5. The number of hydrogen-bond donors (Lipinski definition) is 4. The summed E-state index contributed by atoms with van der Waals surface area (Å²) in [4.78, 5) is 10.3. The van der Waals surface area contributed by atoms with Crippen molar-refractivity contribution in [2.24, 2.45) is 0 Å². The zero-order valence-electron chi connectivity index (χ0n) is 5.51. The van der Waals surface area contributed by atoms with Crippen LogP contribution in [-0.4, -0.2) is 50.0 Å². The van der Waals surface area contributed by atoms with Crippen LogP contribution in [0.4, 0.5) is 0 Å². The molecule has 0 aromatic rings. The van der Waals surface area contributed by atoms with Crippen LogP contribution >= 0.6 is 15.9 Å². The number of aliphatic hydroxyl groups is 4. The van der Waals surface area contributed by atoms with Crippen molar-refractivity contribution in [3.8, 4) is 0 Å². The number of carbonyl (C=O) groups is 1. The molecule has 0 amide bonds. The van der Waals surface area contributed by atoms with Gasteiger partial charge in [-0.2, -0.15) is 0 Å². The van der Waals surface area contributed by atoms with Gasteiger partial charge in [-0.15, -0.1) is 0 Å². The summed E-state index contributed by atoms with van der Waals surface area (Å²) < 4.78 is -0.836. The van der Waals surface area contributed by atoms with Crippen LogP contribution in [0.15, 0.2) is 0 Å². The van der Waals surface area contributed by atoms with E-state index in [-0.39, 0.29) is 0 Å². The van der Waals surface area contributed by atoms with E-state index in [4.69, 9.17) is 20.4 Å². The Morgan fingerprint density at radius 1 is 1.36 bits per heavy atom. The first-order valence-corrected chi connectivity index (χ1v) is 3.64. The van der Waals surface area contributed by atoms with E-state index in [2.05, 4.69) is 15.9 Å². The Hall–Kier alpha value is -0.0100. The second kappa shape index (κ2) is 4.78. The van der Waals surface area contributed by atoms with Crippen molar-refractivity contribution in [2.45, 2.75) is 18.3 Å². The van der Waals surface area contributed by atoms with Gasteiger partial charge in [-0.05, 0) is 15.9 Å². The monoisotopic (exact) mass is 228 g/mol. The third-order valence-electron chi connectivity index (χ3n) is 1.14. The molecule has 0 saturated heterocycles. The molecule has 0 saturated carbocycles. The predicted molar refractivity (Wildman–Crippen MR) is 39.0 cm³/mol. The van der Waals surface area contributed by atoms with Crippen LogP contribution in [0.3, 0.4) is 0 Å². The van der Waals surface area contributed by atoms with Gasteiger partial charge in [0.05, 0.1) is 6.61 Å². The van der Waals surface area contributed by atoms with Crippen LogP contribution < -0.4 is 0 Å². The summed E-state index contributed by atoms with van der Waals surface area (Å²) in [6.07, 6.45) is -4.88. The third kappa shape index (κ3) is 3.26. The van der Waals surface area contributed by atoms with Crippen molar-refractivity contribution in [1.29, 1.82) is 0 Å². The van der Waals surface area contributed by atoms with Crippen LogP contribution in [-0.2, 0) is 4.79 Å². The number of carbonyl (C=O) groups excluding carboxylic acids is 1. The molecule has 0 heterocycles. The maximum absolute atomic E-state index is 10.3. The van der Waals surface area contributed by atoms with E-state index in [1.54, 1.807) is 0 Å². The van der Waals surface area contributed by atoms with Gasteiger partial charge in [-0.25, -0.2) is 0 Å². The minimum absolute atomic E-state index is 0.710. The normalized spacial score (nSPS) is 19.0. The first kappa shape index (κ1) is 11.0. The summed E-state index contributed by atoms with van der Waals surface area (Å²) >= 11 is 2.40. The predicted octanol–water partition coefficient (Wildman–Crippen LogP) is -2.02. The molecule has 4 N–H and O–H groups in total. The quantitative estimate of drug-likeness (QED) is 0.417. The molecular formula is C5H9BrO5. The lowest BCUT2D eigenvalue weighted by Crippen LogP contribution is -2.42. The van der Waals surface area contributed by atoms with E-state index in [0.29, 0.717) is 0 Å². The highest BCUT2D eigenvalue weighted by Crippen LogP contribution is 2.04. The third-order valence-corrected chi connectivity index (χ3v) is 1.61. The fraction of sp³-hybridized carbons (Fsp3) is 0.800. The van der Waals surface area contributed by atoms with E-state index in [1.165, 1.54) is 0 Å². The maximum Gasteiger partial charge on any atom is 0.228 e. The molecule has 0 rings (SSSR count). The lowest BCUT2D eigenvalue weighted by molar-refractivity contribution is -0.130. The highest BCUT2D eigenvalue weighted by atomic mass is 79.9. The number of halogens is 1. The molecular weight excluding hydrogens is 220 g/mol. The largest absolute Gasteiger partial charge is 0.394 e. The fourth-order valence-corrected chi connectivity index (χ4v) is 0.724. The standard InChI is InChI=1S/C5H9BrO5/c6-5(11)4(10)3(9)2(8)1-7/h2-4,7-10H,1H2. The zero-order valence-corrected chi connectivity index (χ0v) is 7.10. The van der Waals surface area contributed by atoms with Crippen molar-refractivity contribution >= 4 is 20.6 Å². The maximum atomic E-state index is 10.3. The summed E-state index contributed by atoms with van der Waals surface area (Å²) in [5.41, 5.74) is 0. The summed E-state index contributed by atoms with van der Waals surface area (Å²) in [6, 6.07) is 0. The summed E-state index contributed by atoms with van der Waals surface area (Å²) in [7, 11) is 0. The van der Waals surface area contributed by atoms with E-state index >= 15 is 0 Å². The highest BCUT2D eigenvalue weighted by molar-refractivity contribution is 9.18. The van der Waals surface area contributed by atoms with Gasteiger partial charge in [-0.1, -0.05) is 0 Å². The lowest BCUT2D eigenvalue weighted by Gasteiger charge is -2.18. The van der Waals surface area contributed by atoms with Gasteiger partial charge in [0.15, 0.2) is 6.10 Å². The van der Waals surface area contributed by atoms with Gasteiger partial charge >= 0.3 is 0 Å². The molecule has 0 bridgehead atoms. The molecule has 0 aliphatic heterocycles. The summed E-state index contributed by atoms with van der Waals surface area (Å²) in [5, 5.41) is 34.6. The van der Waals surface area contributed by atoms with E-state index < -0.39 is 29.6 Å². The smallest absolute Gasteiger partial charge is 0.228 e. The van der Waals surface area contributed by atoms with Gasteiger partial charge in [0, 0.05) is 0 Å². The highest BCUT2D eigenvalue weighted by Gasteiger charge is 2.28. The summed E-state index contributed by atoms with van der Waals surface area (Å²) in [6.45, 7) is -0.710. The molecule has 0 aromatic heterocycles. The average molecular weight is 229 g/mol. The minimum Gasteiger partial charge on any atom is -0.394 e. The Morgan fingerprint density at radius 2 is 1.82 bits per heavy atom. The van der Waals surface area contributed by atoms with Gasteiger partial charge < -0.3 is 20.4 Å². The van der Waals surface area contributed by atoms with E-state index in [0.717, 1.165) is 0 Å². The van der Waals surface area contributed by atoms with Crippen molar-refractivity contribution in [3.63, 3.8) is 0 Å². The Labute approximate surface area is 71.4 Å². The van der Waals surface area contributed by atoms with E-state index in [9.17, 15) is 4.79 Å². The first-order chi connectivity index (χ1) is 5.00. The average Bonchev–Trinajstić information content (AvgIpc) is 2.00. The SMILES string of the molecule is O=C(Br)C(O)C(O)C(O)CO. The van der Waals surface area contributed by atoms with Crippen LogP contribution in [0, 0.1) is 0 Å².